The maximum absolute atomic E-state index is 12.5. The normalized spacial score (nSPS) is 16.6. The Balaban J connectivity index is 1.59. The Morgan fingerprint density at radius 1 is 0.963 bits per heavy atom. The fraction of sp³-hybridized carbons (Fsp3) is 0.333. The Bertz CT molecular complexity index is 760. The molecular weight excluding hydrogens is 342 g/mol. The van der Waals surface area contributed by atoms with Crippen LogP contribution in [-0.4, -0.2) is 41.0 Å². The summed E-state index contributed by atoms with van der Waals surface area (Å²) in [5.74, 6) is -1.16. The monoisotopic (exact) mass is 367 g/mol. The number of rotatable bonds is 5. The van der Waals surface area contributed by atoms with Crippen molar-refractivity contribution in [2.75, 3.05) is 23.8 Å². The van der Waals surface area contributed by atoms with Gasteiger partial charge < -0.3 is 20.6 Å². The average molecular weight is 367 g/mol. The van der Waals surface area contributed by atoms with Crippen molar-refractivity contribution in [1.82, 2.24) is 4.90 Å². The summed E-state index contributed by atoms with van der Waals surface area (Å²) < 4.78 is 0. The first-order valence-corrected chi connectivity index (χ1v) is 9.32. The highest BCUT2D eigenvalue weighted by Crippen LogP contribution is 2.21. The smallest absolute Gasteiger partial charge is 0.313 e. The van der Waals surface area contributed by atoms with Gasteiger partial charge in [0, 0.05) is 36.3 Å². The van der Waals surface area contributed by atoms with Crippen molar-refractivity contribution < 1.29 is 14.7 Å². The summed E-state index contributed by atoms with van der Waals surface area (Å²) in [4.78, 5) is 26.5. The summed E-state index contributed by atoms with van der Waals surface area (Å²) in [6.45, 7) is 0.586. The Labute approximate surface area is 159 Å². The summed E-state index contributed by atoms with van der Waals surface area (Å²) in [6.07, 6.45) is 3.26. The van der Waals surface area contributed by atoms with Crippen LogP contribution in [-0.2, 0) is 9.59 Å². The number of likely N-dealkylation sites (tertiary alicyclic amines) is 1. The molecule has 1 heterocycles. The summed E-state index contributed by atoms with van der Waals surface area (Å²) in [6, 6.07) is 17.0. The highest BCUT2D eigenvalue weighted by Gasteiger charge is 2.30. The number of hydrogen-bond donors (Lipinski definition) is 3. The van der Waals surface area contributed by atoms with E-state index in [4.69, 9.17) is 0 Å². The van der Waals surface area contributed by atoms with Gasteiger partial charge >= 0.3 is 11.8 Å². The molecule has 0 saturated carbocycles. The molecule has 0 spiro atoms. The number of benzene rings is 2. The molecular formula is C21H25N3O3. The lowest BCUT2D eigenvalue weighted by Crippen LogP contribution is -2.48. The predicted molar refractivity (Wildman–Crippen MR) is 106 cm³/mol. The van der Waals surface area contributed by atoms with Crippen molar-refractivity contribution in [3.63, 3.8) is 0 Å². The molecule has 0 radical (unpaired) electrons. The number of carbonyl (C=O) groups excluding carboxylic acids is 2. The van der Waals surface area contributed by atoms with Gasteiger partial charge in [0.15, 0.2) is 0 Å². The lowest BCUT2D eigenvalue weighted by molar-refractivity contribution is -0.146. The van der Waals surface area contributed by atoms with E-state index in [1.54, 1.807) is 17.0 Å². The van der Waals surface area contributed by atoms with Gasteiger partial charge in [-0.05, 0) is 62.1 Å². The molecule has 1 atom stereocenters. The molecule has 27 heavy (non-hydrogen) atoms. The summed E-state index contributed by atoms with van der Waals surface area (Å²) in [5, 5.41) is 15.1. The van der Waals surface area contributed by atoms with E-state index in [0.29, 0.717) is 18.7 Å². The maximum atomic E-state index is 12.5. The van der Waals surface area contributed by atoms with Crippen molar-refractivity contribution in [3.8, 4) is 0 Å². The third-order valence-corrected chi connectivity index (χ3v) is 4.75. The van der Waals surface area contributed by atoms with Gasteiger partial charge in [-0.1, -0.05) is 18.2 Å². The Morgan fingerprint density at radius 2 is 1.63 bits per heavy atom. The molecule has 142 valence electrons. The zero-order valence-corrected chi connectivity index (χ0v) is 15.2. The highest BCUT2D eigenvalue weighted by molar-refractivity contribution is 6.39. The Hall–Kier alpha value is -2.86. The average Bonchev–Trinajstić information content (AvgIpc) is 2.70. The largest absolute Gasteiger partial charge is 0.396 e. The Morgan fingerprint density at radius 3 is 2.33 bits per heavy atom. The van der Waals surface area contributed by atoms with Crippen LogP contribution in [0.2, 0.25) is 0 Å². The second kappa shape index (κ2) is 9.19. The van der Waals surface area contributed by atoms with Crippen LogP contribution in [0.5, 0.6) is 0 Å². The fourth-order valence-corrected chi connectivity index (χ4v) is 3.36. The van der Waals surface area contributed by atoms with Crippen molar-refractivity contribution >= 4 is 28.9 Å². The van der Waals surface area contributed by atoms with Crippen LogP contribution in [0.4, 0.5) is 17.1 Å². The first kappa shape index (κ1) is 18.9. The van der Waals surface area contributed by atoms with Gasteiger partial charge in [-0.15, -0.1) is 0 Å². The molecule has 2 aromatic carbocycles. The minimum Gasteiger partial charge on any atom is -0.396 e. The van der Waals surface area contributed by atoms with E-state index in [1.165, 1.54) is 0 Å². The van der Waals surface area contributed by atoms with Crippen molar-refractivity contribution in [2.45, 2.75) is 31.7 Å². The summed E-state index contributed by atoms with van der Waals surface area (Å²) in [7, 11) is 0. The number of anilines is 3. The van der Waals surface area contributed by atoms with E-state index in [2.05, 4.69) is 10.6 Å². The van der Waals surface area contributed by atoms with E-state index < -0.39 is 11.8 Å². The molecule has 1 fully saturated rings. The first-order chi connectivity index (χ1) is 13.2. The lowest BCUT2D eigenvalue weighted by Gasteiger charge is -2.35. The number of hydrogen-bond acceptors (Lipinski definition) is 4. The van der Waals surface area contributed by atoms with Gasteiger partial charge in [0.2, 0.25) is 0 Å². The van der Waals surface area contributed by atoms with E-state index in [0.717, 1.165) is 30.6 Å². The number of carbonyl (C=O) groups is 2. The third-order valence-electron chi connectivity index (χ3n) is 4.75. The number of piperidine rings is 1. The number of nitrogens with one attached hydrogen (secondary N) is 2. The van der Waals surface area contributed by atoms with Gasteiger partial charge in [-0.2, -0.15) is 0 Å². The van der Waals surface area contributed by atoms with Crippen LogP contribution < -0.4 is 10.6 Å². The molecule has 0 aliphatic carbocycles. The molecule has 0 bridgehead atoms. The van der Waals surface area contributed by atoms with E-state index in [-0.39, 0.29) is 12.6 Å². The Kier molecular flexibility index (Phi) is 6.44. The molecule has 1 saturated heterocycles. The molecule has 1 unspecified atom stereocenters. The number of aliphatic hydroxyl groups is 1. The minimum absolute atomic E-state index is 0.0198. The van der Waals surface area contributed by atoms with E-state index >= 15 is 0 Å². The van der Waals surface area contributed by atoms with Gasteiger partial charge in [0.1, 0.15) is 0 Å². The predicted octanol–water partition coefficient (Wildman–Crippen LogP) is 3.13. The quantitative estimate of drug-likeness (QED) is 0.709. The number of amides is 2. The van der Waals surface area contributed by atoms with Gasteiger partial charge in [-0.3, -0.25) is 9.59 Å². The van der Waals surface area contributed by atoms with Crippen LogP contribution in [0.1, 0.15) is 25.7 Å². The summed E-state index contributed by atoms with van der Waals surface area (Å²) >= 11 is 0. The second-order valence-electron chi connectivity index (χ2n) is 6.68. The standard InChI is InChI=1S/C21H25N3O3/c25-15-13-19-8-4-5-14-24(19)21(27)20(26)23-18-11-9-17(10-12-18)22-16-6-2-1-3-7-16/h1-3,6-7,9-12,19,22,25H,4-5,8,13-15H2,(H,23,26). The fourth-order valence-electron chi connectivity index (χ4n) is 3.36. The SMILES string of the molecule is O=C(Nc1ccc(Nc2ccccc2)cc1)C(=O)N1CCCCC1CCO. The molecule has 3 N–H and O–H groups in total. The second-order valence-corrected chi connectivity index (χ2v) is 6.68. The molecule has 1 aliphatic heterocycles. The highest BCUT2D eigenvalue weighted by atomic mass is 16.3. The van der Waals surface area contributed by atoms with Crippen molar-refractivity contribution in [2.24, 2.45) is 0 Å². The van der Waals surface area contributed by atoms with Gasteiger partial charge in [0.05, 0.1) is 0 Å². The molecule has 6 nitrogen and oxygen atoms in total. The van der Waals surface area contributed by atoms with Crippen molar-refractivity contribution in [3.05, 3.63) is 54.6 Å². The number of para-hydroxylation sites is 1. The molecule has 1 aliphatic rings. The van der Waals surface area contributed by atoms with Crippen LogP contribution in [0.3, 0.4) is 0 Å². The minimum atomic E-state index is -0.636. The molecule has 0 aromatic heterocycles. The van der Waals surface area contributed by atoms with Crippen LogP contribution in [0.15, 0.2) is 54.6 Å². The molecule has 2 amide bonds. The first-order valence-electron chi connectivity index (χ1n) is 9.32. The van der Waals surface area contributed by atoms with Crippen LogP contribution in [0.25, 0.3) is 0 Å². The van der Waals surface area contributed by atoms with Crippen molar-refractivity contribution in [1.29, 1.82) is 0 Å². The van der Waals surface area contributed by atoms with E-state index in [9.17, 15) is 14.7 Å². The molecule has 6 heteroatoms. The van der Waals surface area contributed by atoms with Gasteiger partial charge in [-0.25, -0.2) is 0 Å². The van der Waals surface area contributed by atoms with Crippen LogP contribution >= 0.6 is 0 Å². The lowest BCUT2D eigenvalue weighted by atomic mass is 9.99. The molecule has 2 aromatic rings. The third kappa shape index (κ3) is 5.08. The number of nitrogens with zero attached hydrogens (tertiary/aromatic N) is 1. The topological polar surface area (TPSA) is 81.7 Å². The van der Waals surface area contributed by atoms with Crippen LogP contribution in [0, 0.1) is 0 Å². The zero-order chi connectivity index (χ0) is 19.1. The molecule has 3 rings (SSSR count). The maximum Gasteiger partial charge on any atom is 0.313 e. The summed E-state index contributed by atoms with van der Waals surface area (Å²) in [5.41, 5.74) is 2.44. The zero-order valence-electron chi connectivity index (χ0n) is 15.2. The van der Waals surface area contributed by atoms with Gasteiger partial charge in [0.25, 0.3) is 0 Å². The number of aliphatic hydroxyl groups excluding tert-OH is 1. The van der Waals surface area contributed by atoms with E-state index in [1.807, 2.05) is 42.5 Å².